The number of aromatic nitrogens is 2. The van der Waals surface area contributed by atoms with E-state index in [0.717, 1.165) is 30.7 Å². The number of hydrogen-bond acceptors (Lipinski definition) is 12. The highest BCUT2D eigenvalue weighted by atomic mass is 35.5. The zero-order chi connectivity index (χ0) is 35.2. The van der Waals surface area contributed by atoms with Gasteiger partial charge in [0.05, 0.1) is 39.8 Å². The third-order valence-corrected chi connectivity index (χ3v) is 8.21. The summed E-state index contributed by atoms with van der Waals surface area (Å²) in [4.78, 5) is 49.3. The van der Waals surface area contributed by atoms with Crippen molar-refractivity contribution in [3.8, 4) is 17.6 Å². The number of nitriles is 1. The molecule has 2 aliphatic heterocycles. The van der Waals surface area contributed by atoms with Crippen molar-refractivity contribution in [2.24, 2.45) is 0 Å². The molecule has 0 aliphatic carbocycles. The lowest BCUT2D eigenvalue weighted by Crippen LogP contribution is -2.34. The average Bonchev–Trinajstić information content (AvgIpc) is 3.54. The van der Waals surface area contributed by atoms with Crippen molar-refractivity contribution >= 4 is 57.4 Å². The van der Waals surface area contributed by atoms with Crippen LogP contribution in [0, 0.1) is 11.3 Å². The van der Waals surface area contributed by atoms with Crippen LogP contribution in [0.1, 0.15) is 37.9 Å². The molecule has 1 atom stereocenters. The first-order valence-corrected chi connectivity index (χ1v) is 16.1. The van der Waals surface area contributed by atoms with E-state index in [0.29, 0.717) is 39.6 Å². The fraction of sp³-hybridized carbons (Fsp3) is 0.222. The number of benzene rings is 2. The largest absolute Gasteiger partial charge is 0.492 e. The third kappa shape index (κ3) is 7.45. The van der Waals surface area contributed by atoms with E-state index in [1.54, 1.807) is 48.4 Å². The summed E-state index contributed by atoms with van der Waals surface area (Å²) in [5.41, 5.74) is 2.53. The highest BCUT2D eigenvalue weighted by Gasteiger charge is 2.34. The van der Waals surface area contributed by atoms with E-state index >= 15 is 0 Å². The summed E-state index contributed by atoms with van der Waals surface area (Å²) >= 11 is 6.57. The molecule has 2 aromatic heterocycles. The molecule has 4 aromatic rings. The highest BCUT2D eigenvalue weighted by molar-refractivity contribution is 6.32. The first kappa shape index (κ1) is 33.8. The van der Waals surface area contributed by atoms with Crippen molar-refractivity contribution in [1.29, 1.82) is 5.26 Å². The number of nitrogens with one attached hydrogen (secondary N) is 2. The number of fused-ring (bicyclic) bond motifs is 1. The second-order valence-corrected chi connectivity index (χ2v) is 11.7. The Balaban J connectivity index is 1.35. The van der Waals surface area contributed by atoms with Gasteiger partial charge in [-0.3, -0.25) is 14.8 Å². The Morgan fingerprint density at radius 3 is 2.60 bits per heavy atom. The number of ether oxygens (including phenoxy) is 4. The number of rotatable bonds is 10. The van der Waals surface area contributed by atoms with Crippen molar-refractivity contribution in [3.05, 3.63) is 101 Å². The first-order chi connectivity index (χ1) is 24.2. The van der Waals surface area contributed by atoms with Gasteiger partial charge >= 0.3 is 11.9 Å². The summed E-state index contributed by atoms with van der Waals surface area (Å²) in [6.45, 7) is 4.66. The van der Waals surface area contributed by atoms with Gasteiger partial charge in [-0.2, -0.15) is 5.26 Å². The van der Waals surface area contributed by atoms with Gasteiger partial charge in [0, 0.05) is 54.3 Å². The minimum atomic E-state index is -0.916. The number of anilines is 3. The zero-order valence-electron chi connectivity index (χ0n) is 27.1. The molecule has 0 unspecified atom stereocenters. The van der Waals surface area contributed by atoms with Gasteiger partial charge in [0.25, 0.3) is 11.7 Å². The number of carbonyl (C=O) groups is 3. The summed E-state index contributed by atoms with van der Waals surface area (Å²) in [6.07, 6.45) is 6.51. The molecule has 1 fully saturated rings. The fourth-order valence-electron chi connectivity index (χ4n) is 5.52. The van der Waals surface area contributed by atoms with Crippen molar-refractivity contribution < 1.29 is 33.3 Å². The topological polar surface area (TPSA) is 165 Å². The Kier molecular flexibility index (Phi) is 10.1. The van der Waals surface area contributed by atoms with E-state index in [1.165, 1.54) is 6.20 Å². The van der Waals surface area contributed by atoms with Crippen LogP contribution >= 0.6 is 11.6 Å². The molecule has 1 amide bonds. The number of amides is 1. The molecule has 0 spiro atoms. The summed E-state index contributed by atoms with van der Waals surface area (Å²) in [5.74, 6) is -2.52. The Morgan fingerprint density at radius 2 is 1.90 bits per heavy atom. The average molecular weight is 695 g/mol. The lowest BCUT2D eigenvalue weighted by molar-refractivity contribution is -0.143. The number of likely N-dealkylation sites (tertiary alicyclic amines) is 1. The molecule has 2 N–H and O–H groups in total. The zero-order valence-corrected chi connectivity index (χ0v) is 27.8. The van der Waals surface area contributed by atoms with Crippen LogP contribution in [0.3, 0.4) is 0 Å². The number of pyridine rings is 2. The predicted octanol–water partition coefficient (Wildman–Crippen LogP) is 6.12. The van der Waals surface area contributed by atoms with Gasteiger partial charge in [0.15, 0.2) is 0 Å². The van der Waals surface area contributed by atoms with Gasteiger partial charge in [0.2, 0.25) is 5.88 Å². The molecule has 0 radical (unpaired) electrons. The molecular weight excluding hydrogens is 664 g/mol. The summed E-state index contributed by atoms with van der Waals surface area (Å²) < 4.78 is 22.6. The van der Waals surface area contributed by atoms with E-state index in [4.69, 9.17) is 30.5 Å². The maximum Gasteiger partial charge on any atom is 0.337 e. The monoisotopic (exact) mass is 694 g/mol. The summed E-state index contributed by atoms with van der Waals surface area (Å²) in [5, 5.41) is 16.8. The van der Waals surface area contributed by atoms with E-state index in [-0.39, 0.29) is 42.1 Å². The molecule has 2 aliphatic rings. The molecular formula is C36H31ClN6O7. The summed E-state index contributed by atoms with van der Waals surface area (Å²) in [7, 11) is 0. The number of halogens is 1. The second-order valence-electron chi connectivity index (χ2n) is 11.3. The van der Waals surface area contributed by atoms with Gasteiger partial charge < -0.3 is 34.5 Å². The van der Waals surface area contributed by atoms with Gasteiger partial charge in [-0.1, -0.05) is 17.7 Å². The van der Waals surface area contributed by atoms with Crippen LogP contribution in [-0.2, 0) is 30.5 Å². The molecule has 4 heterocycles. The predicted molar refractivity (Wildman–Crippen MR) is 183 cm³/mol. The molecule has 14 heteroatoms. The Bertz CT molecular complexity index is 2080. The highest BCUT2D eigenvalue weighted by Crippen LogP contribution is 2.38. The Labute approximate surface area is 292 Å². The third-order valence-electron chi connectivity index (χ3n) is 7.91. The lowest BCUT2D eigenvalue weighted by atomic mass is 10.1. The Hall–Kier alpha value is -6.13. The van der Waals surface area contributed by atoms with Crippen LogP contribution in [0.5, 0.6) is 11.5 Å². The molecule has 0 saturated carbocycles. The van der Waals surface area contributed by atoms with E-state index in [2.05, 4.69) is 26.7 Å². The van der Waals surface area contributed by atoms with E-state index in [9.17, 15) is 19.6 Å². The first-order valence-electron chi connectivity index (χ1n) is 15.8. The van der Waals surface area contributed by atoms with Gasteiger partial charge in [-0.15, -0.1) is 0 Å². The smallest absolute Gasteiger partial charge is 0.337 e. The minimum absolute atomic E-state index is 0.0820. The Morgan fingerprint density at radius 1 is 1.08 bits per heavy atom. The van der Waals surface area contributed by atoms with Crippen LogP contribution in [0.2, 0.25) is 5.02 Å². The summed E-state index contributed by atoms with van der Waals surface area (Å²) in [6, 6.07) is 15.9. The van der Waals surface area contributed by atoms with Crippen molar-refractivity contribution in [1.82, 2.24) is 14.9 Å². The van der Waals surface area contributed by atoms with Crippen LogP contribution < -0.4 is 20.1 Å². The number of hydrogen-bond donors (Lipinski definition) is 2. The van der Waals surface area contributed by atoms with Crippen LogP contribution in [-0.4, -0.2) is 51.9 Å². The fourth-order valence-corrected chi connectivity index (χ4v) is 5.76. The minimum Gasteiger partial charge on any atom is -0.492 e. The van der Waals surface area contributed by atoms with Gasteiger partial charge in [-0.25, -0.2) is 9.59 Å². The molecule has 1 saturated heterocycles. The van der Waals surface area contributed by atoms with E-state index < -0.39 is 23.6 Å². The SMILES string of the molecule is CCOc1cc2ncc(C#N)c(Nc3ccc(OCc4ccccn4)c(Cl)c3)c2cc1NC(=O)/C1=C(/N2CCC[C@H]2C)OC(=O)/C=C\C(=O)O1. The van der Waals surface area contributed by atoms with Crippen LogP contribution in [0.15, 0.2) is 84.7 Å². The van der Waals surface area contributed by atoms with Crippen LogP contribution in [0.25, 0.3) is 10.9 Å². The van der Waals surface area contributed by atoms with Gasteiger partial charge in [-0.05, 0) is 63.1 Å². The van der Waals surface area contributed by atoms with Crippen molar-refractivity contribution in [2.75, 3.05) is 23.8 Å². The van der Waals surface area contributed by atoms with Crippen molar-refractivity contribution in [3.63, 3.8) is 0 Å². The lowest BCUT2D eigenvalue weighted by Gasteiger charge is -2.27. The number of esters is 2. The molecule has 13 nitrogen and oxygen atoms in total. The molecule has 50 heavy (non-hydrogen) atoms. The quantitative estimate of drug-likeness (QED) is 0.183. The molecule has 0 bridgehead atoms. The normalized spacial score (nSPS) is 18.0. The molecule has 6 rings (SSSR count). The van der Waals surface area contributed by atoms with E-state index in [1.807, 2.05) is 25.1 Å². The van der Waals surface area contributed by atoms with Crippen LogP contribution in [0.4, 0.5) is 17.1 Å². The second kappa shape index (κ2) is 15.0. The number of cyclic esters (lactones) is 2. The number of nitrogens with zero attached hydrogens (tertiary/aromatic N) is 4. The number of carbonyl (C=O) groups excluding carboxylic acids is 3. The van der Waals surface area contributed by atoms with Crippen molar-refractivity contribution in [2.45, 2.75) is 39.3 Å². The van der Waals surface area contributed by atoms with Gasteiger partial charge in [0.1, 0.15) is 24.2 Å². The molecule has 2 aromatic carbocycles. The maximum atomic E-state index is 13.9. The maximum absolute atomic E-state index is 13.9. The standard InChI is InChI=1S/C36H31ClN6O7/c1-3-47-30-17-27-25(16-28(30)42-35(46)34-36(43-14-6-7-21(43)2)50-32(45)12-11-31(44)49-34)33(22(18-38)19-40-27)41-23-9-10-29(26(37)15-23)48-20-24-8-4-5-13-39-24/h4-5,8-13,15-17,19,21H,3,6-7,14,20H2,1-2H3,(H,40,41)(H,42,46)/b12-11-,36-34+/t21-/m1/s1. The molecule has 254 valence electrons.